The van der Waals surface area contributed by atoms with E-state index in [0.717, 1.165) is 36.6 Å². The van der Waals surface area contributed by atoms with Crippen molar-refractivity contribution in [3.63, 3.8) is 0 Å². The van der Waals surface area contributed by atoms with Gasteiger partial charge in [0.15, 0.2) is 0 Å². The van der Waals surface area contributed by atoms with Crippen LogP contribution in [0.1, 0.15) is 18.4 Å². The van der Waals surface area contributed by atoms with Crippen LogP contribution in [0.2, 0.25) is 5.02 Å². The smallest absolute Gasteiger partial charge is 0.225 e. The number of hydrogen-bond donors (Lipinski definition) is 0. The van der Waals surface area contributed by atoms with Gasteiger partial charge >= 0.3 is 0 Å². The summed E-state index contributed by atoms with van der Waals surface area (Å²) < 4.78 is 1.75. The summed E-state index contributed by atoms with van der Waals surface area (Å²) in [5.41, 5.74) is 3.38. The first-order valence-electron chi connectivity index (χ1n) is 9.37. The van der Waals surface area contributed by atoms with Crippen LogP contribution in [0.25, 0.3) is 16.6 Å². The molecule has 6 nitrogen and oxygen atoms in total. The van der Waals surface area contributed by atoms with Crippen LogP contribution in [-0.2, 0) is 5.41 Å². The maximum absolute atomic E-state index is 6.03. The Balaban J connectivity index is 1.38. The molecule has 4 heterocycles. The van der Waals surface area contributed by atoms with Gasteiger partial charge in [-0.2, -0.15) is 5.10 Å². The average Bonchev–Trinajstić information content (AvgIpc) is 3.23. The molecule has 3 aromatic rings. The van der Waals surface area contributed by atoms with Crippen molar-refractivity contribution < 1.29 is 0 Å². The lowest BCUT2D eigenvalue weighted by atomic mass is 9.86. The summed E-state index contributed by atoms with van der Waals surface area (Å²) in [6.07, 6.45) is 11.5. The molecule has 1 unspecified atom stereocenters. The number of benzene rings is 1. The minimum absolute atomic E-state index is 0.103. The fraction of sp³-hybridized carbons (Fsp3) is 0.238. The zero-order chi connectivity index (χ0) is 18.7. The van der Waals surface area contributed by atoms with Crippen LogP contribution in [0.15, 0.2) is 65.1 Å². The number of fused-ring (bicyclic) bond motifs is 2. The number of allylic oxidation sites excluding steroid dienone is 1. The highest BCUT2D eigenvalue weighted by molar-refractivity contribution is 6.30. The number of pyridine rings is 1. The molecule has 1 saturated carbocycles. The Hall–Kier alpha value is -2.99. The second-order valence-electron chi connectivity index (χ2n) is 7.55. The highest BCUT2D eigenvalue weighted by atomic mass is 35.5. The maximum atomic E-state index is 6.03. The summed E-state index contributed by atoms with van der Waals surface area (Å²) in [5.74, 6) is 0.778. The van der Waals surface area contributed by atoms with Crippen molar-refractivity contribution in [2.24, 2.45) is 9.98 Å². The Morgan fingerprint density at radius 2 is 2.11 bits per heavy atom. The first-order chi connectivity index (χ1) is 13.7. The molecule has 0 bridgehead atoms. The van der Waals surface area contributed by atoms with E-state index in [1.165, 1.54) is 10.9 Å². The quantitative estimate of drug-likeness (QED) is 0.686. The molecule has 1 aromatic carbocycles. The Morgan fingerprint density at radius 3 is 2.93 bits per heavy atom. The van der Waals surface area contributed by atoms with Gasteiger partial charge in [-0.1, -0.05) is 23.7 Å². The van der Waals surface area contributed by atoms with Gasteiger partial charge in [0.1, 0.15) is 0 Å². The molecule has 2 aliphatic heterocycles. The lowest BCUT2D eigenvalue weighted by Gasteiger charge is -2.32. The average molecular weight is 389 g/mol. The molecule has 0 spiro atoms. The van der Waals surface area contributed by atoms with E-state index in [1.807, 2.05) is 12.3 Å². The second-order valence-corrected chi connectivity index (χ2v) is 7.98. The zero-order valence-electron chi connectivity index (χ0n) is 15.0. The number of guanidine groups is 1. The maximum Gasteiger partial charge on any atom is 0.225 e. The van der Waals surface area contributed by atoms with Crippen molar-refractivity contribution in [1.29, 1.82) is 0 Å². The Morgan fingerprint density at radius 1 is 1.18 bits per heavy atom. The zero-order valence-corrected chi connectivity index (χ0v) is 15.8. The van der Waals surface area contributed by atoms with Crippen molar-refractivity contribution in [3.05, 3.63) is 65.7 Å². The van der Waals surface area contributed by atoms with Gasteiger partial charge in [0.25, 0.3) is 0 Å². The lowest BCUT2D eigenvalue weighted by Crippen LogP contribution is -2.42. The van der Waals surface area contributed by atoms with E-state index >= 15 is 0 Å². The van der Waals surface area contributed by atoms with E-state index in [4.69, 9.17) is 16.6 Å². The fourth-order valence-electron chi connectivity index (χ4n) is 4.37. The van der Waals surface area contributed by atoms with Crippen LogP contribution in [0.5, 0.6) is 0 Å². The minimum Gasteiger partial charge on any atom is -0.309 e. The molecule has 0 amide bonds. The number of nitrogens with zero attached hydrogens (tertiary/aromatic N) is 6. The van der Waals surface area contributed by atoms with Gasteiger partial charge < -0.3 is 4.90 Å². The standard InChI is InChI=1S/C21H17ClN6/c22-16-9-26-28(12-16)17-10-24-20-25-11-19(27(20)13-17)21(5-6-21)15-3-4-18-14(8-15)2-1-7-23-18/h1-4,7-10,12-13,19H,5-6,11H2. The van der Waals surface area contributed by atoms with E-state index in [9.17, 15) is 0 Å². The lowest BCUT2D eigenvalue weighted by molar-refractivity contribution is 0.354. The van der Waals surface area contributed by atoms with Crippen LogP contribution in [0.3, 0.4) is 0 Å². The van der Waals surface area contributed by atoms with Gasteiger partial charge in [0.2, 0.25) is 5.96 Å². The topological polar surface area (TPSA) is 58.7 Å². The molecule has 0 N–H and O–H groups in total. The Bertz CT molecular complexity index is 1190. The highest BCUT2D eigenvalue weighted by Crippen LogP contribution is 2.54. The molecule has 6 rings (SSSR count). The molecule has 1 fully saturated rings. The predicted molar refractivity (Wildman–Crippen MR) is 111 cm³/mol. The van der Waals surface area contributed by atoms with Crippen molar-refractivity contribution in [2.45, 2.75) is 24.3 Å². The molecule has 1 aliphatic carbocycles. The first kappa shape index (κ1) is 16.0. The number of hydrogen-bond acceptors (Lipinski definition) is 5. The van der Waals surface area contributed by atoms with Crippen molar-refractivity contribution in [3.8, 4) is 0 Å². The molecular formula is C21H17ClN6. The Kier molecular flexibility index (Phi) is 3.29. The minimum atomic E-state index is 0.103. The number of rotatable bonds is 3. The van der Waals surface area contributed by atoms with E-state index in [2.05, 4.69) is 50.4 Å². The summed E-state index contributed by atoms with van der Waals surface area (Å²) in [6, 6.07) is 11.0. The number of halogens is 1. The third kappa shape index (κ3) is 2.34. The van der Waals surface area contributed by atoms with Crippen molar-refractivity contribution in [2.75, 3.05) is 6.54 Å². The van der Waals surface area contributed by atoms with E-state index in [-0.39, 0.29) is 11.5 Å². The van der Waals surface area contributed by atoms with Gasteiger partial charge in [-0.05, 0) is 36.6 Å². The van der Waals surface area contributed by atoms with Crippen LogP contribution < -0.4 is 0 Å². The molecule has 3 aliphatic rings. The third-order valence-electron chi connectivity index (χ3n) is 5.98. The molecule has 1 atom stereocenters. The van der Waals surface area contributed by atoms with Gasteiger partial charge in [-0.3, -0.25) is 4.98 Å². The number of aliphatic imine (C=N–C) groups is 2. The highest BCUT2D eigenvalue weighted by Gasteiger charge is 2.55. The largest absolute Gasteiger partial charge is 0.309 e. The normalized spacial score (nSPS) is 22.2. The van der Waals surface area contributed by atoms with Crippen LogP contribution >= 0.6 is 11.6 Å². The SMILES string of the molecule is Clc1cnn(C2=CN3C(=NCC3C3(c4ccc5ncccc5c4)CC3)N=C2)c1. The first-order valence-corrected chi connectivity index (χ1v) is 9.75. The third-order valence-corrected chi connectivity index (χ3v) is 6.17. The summed E-state index contributed by atoms with van der Waals surface area (Å²) in [5, 5.41) is 6.09. The summed E-state index contributed by atoms with van der Waals surface area (Å²) >= 11 is 6.03. The van der Waals surface area contributed by atoms with Gasteiger partial charge in [-0.15, -0.1) is 0 Å². The second kappa shape index (κ2) is 5.75. The van der Waals surface area contributed by atoms with Crippen LogP contribution in [0, 0.1) is 0 Å². The van der Waals surface area contributed by atoms with E-state index in [1.54, 1.807) is 23.3 Å². The molecule has 0 saturated heterocycles. The van der Waals surface area contributed by atoms with Crippen LogP contribution in [0.4, 0.5) is 0 Å². The molecule has 7 heteroatoms. The molecule has 0 radical (unpaired) electrons. The van der Waals surface area contributed by atoms with Crippen LogP contribution in [-0.4, -0.2) is 44.4 Å². The monoisotopic (exact) mass is 388 g/mol. The Labute approximate surface area is 166 Å². The predicted octanol–water partition coefficient (Wildman–Crippen LogP) is 3.74. The van der Waals surface area contributed by atoms with E-state index in [0.29, 0.717) is 5.02 Å². The molecular weight excluding hydrogens is 372 g/mol. The molecule has 2 aromatic heterocycles. The molecule has 28 heavy (non-hydrogen) atoms. The van der Waals surface area contributed by atoms with Crippen molar-refractivity contribution >= 4 is 40.4 Å². The van der Waals surface area contributed by atoms with Gasteiger partial charge in [-0.25, -0.2) is 14.7 Å². The van der Waals surface area contributed by atoms with E-state index < -0.39 is 0 Å². The fourth-order valence-corrected chi connectivity index (χ4v) is 4.50. The summed E-state index contributed by atoms with van der Waals surface area (Å²) in [7, 11) is 0. The molecule has 138 valence electrons. The summed E-state index contributed by atoms with van der Waals surface area (Å²) in [4.78, 5) is 15.9. The van der Waals surface area contributed by atoms with Gasteiger partial charge in [0.05, 0.1) is 41.2 Å². The number of aromatic nitrogens is 3. The summed E-state index contributed by atoms with van der Waals surface area (Å²) in [6.45, 7) is 0.751. The van der Waals surface area contributed by atoms with Crippen molar-refractivity contribution in [1.82, 2.24) is 19.7 Å². The van der Waals surface area contributed by atoms with Gasteiger partial charge in [0, 0.05) is 29.4 Å².